The third-order valence-corrected chi connectivity index (χ3v) is 5.21. The number of amides is 1. The van der Waals surface area contributed by atoms with Gasteiger partial charge < -0.3 is 9.80 Å². The average Bonchev–Trinajstić information content (AvgIpc) is 3.22. The fourth-order valence-corrected chi connectivity index (χ4v) is 3.86. The van der Waals surface area contributed by atoms with Crippen LogP contribution in [0.3, 0.4) is 0 Å². The maximum absolute atomic E-state index is 13.1. The number of nitrogens with zero attached hydrogens (tertiary/aromatic N) is 2. The zero-order valence-corrected chi connectivity index (χ0v) is 15.2. The molecule has 0 radical (unpaired) electrons. The van der Waals surface area contributed by atoms with E-state index in [-0.39, 0.29) is 5.91 Å². The highest BCUT2D eigenvalue weighted by atomic mass is 16.2. The Kier molecular flexibility index (Phi) is 4.61. The van der Waals surface area contributed by atoms with Gasteiger partial charge >= 0.3 is 0 Å². The first-order chi connectivity index (χ1) is 12.7. The van der Waals surface area contributed by atoms with Gasteiger partial charge in [-0.05, 0) is 41.3 Å². The molecule has 0 bridgehead atoms. The minimum atomic E-state index is 0.0676. The van der Waals surface area contributed by atoms with Crippen molar-refractivity contribution >= 4 is 22.4 Å². The van der Waals surface area contributed by atoms with E-state index in [1.54, 1.807) is 0 Å². The van der Waals surface area contributed by atoms with Crippen LogP contribution in [0.1, 0.15) is 28.8 Å². The van der Waals surface area contributed by atoms with E-state index in [0.29, 0.717) is 6.54 Å². The van der Waals surface area contributed by atoms with Gasteiger partial charge in [0, 0.05) is 37.9 Å². The van der Waals surface area contributed by atoms with Gasteiger partial charge in [0.1, 0.15) is 0 Å². The van der Waals surface area contributed by atoms with Crippen molar-refractivity contribution in [3.8, 4) is 0 Å². The largest absolute Gasteiger partial charge is 0.371 e. The summed E-state index contributed by atoms with van der Waals surface area (Å²) in [6, 6.07) is 22.5. The van der Waals surface area contributed by atoms with Crippen molar-refractivity contribution in [1.82, 2.24) is 4.90 Å². The van der Waals surface area contributed by atoms with Crippen molar-refractivity contribution in [2.45, 2.75) is 19.4 Å². The summed E-state index contributed by atoms with van der Waals surface area (Å²) in [5.41, 5.74) is 3.25. The lowest BCUT2D eigenvalue weighted by Gasteiger charge is -2.25. The molecule has 132 valence electrons. The summed E-state index contributed by atoms with van der Waals surface area (Å²) in [6.45, 7) is 2.84. The molecule has 0 unspecified atom stereocenters. The summed E-state index contributed by atoms with van der Waals surface area (Å²) in [7, 11) is 1.89. The Morgan fingerprint density at radius 1 is 0.923 bits per heavy atom. The van der Waals surface area contributed by atoms with Crippen LogP contribution in [0.4, 0.5) is 5.69 Å². The van der Waals surface area contributed by atoms with Crippen LogP contribution in [0.25, 0.3) is 10.8 Å². The maximum atomic E-state index is 13.1. The van der Waals surface area contributed by atoms with E-state index in [0.717, 1.165) is 29.4 Å². The van der Waals surface area contributed by atoms with Gasteiger partial charge in [-0.15, -0.1) is 0 Å². The second-order valence-corrected chi connectivity index (χ2v) is 7.01. The van der Waals surface area contributed by atoms with E-state index in [9.17, 15) is 4.79 Å². The summed E-state index contributed by atoms with van der Waals surface area (Å²) in [6.07, 6.45) is 2.50. The Hall–Kier alpha value is -2.81. The molecule has 1 amide bonds. The first-order valence-corrected chi connectivity index (χ1v) is 9.30. The highest BCUT2D eigenvalue weighted by Crippen LogP contribution is 2.26. The van der Waals surface area contributed by atoms with Crippen LogP contribution in [0.15, 0.2) is 66.7 Å². The molecule has 26 heavy (non-hydrogen) atoms. The molecule has 0 N–H and O–H groups in total. The number of anilines is 1. The van der Waals surface area contributed by atoms with Crippen molar-refractivity contribution in [2.75, 3.05) is 25.0 Å². The smallest absolute Gasteiger partial charge is 0.254 e. The first-order valence-electron chi connectivity index (χ1n) is 9.30. The molecule has 3 nitrogen and oxygen atoms in total. The molecule has 0 spiro atoms. The van der Waals surface area contributed by atoms with Crippen LogP contribution in [0, 0.1) is 0 Å². The van der Waals surface area contributed by atoms with E-state index in [2.05, 4.69) is 41.3 Å². The van der Waals surface area contributed by atoms with Gasteiger partial charge in [0.05, 0.1) is 0 Å². The third kappa shape index (κ3) is 3.17. The Balaban J connectivity index is 1.60. The molecule has 3 heteroatoms. The fourth-order valence-electron chi connectivity index (χ4n) is 3.86. The number of carbonyl (C=O) groups is 1. The van der Waals surface area contributed by atoms with Gasteiger partial charge in [0.15, 0.2) is 0 Å². The van der Waals surface area contributed by atoms with Crippen LogP contribution >= 0.6 is 0 Å². The SMILES string of the molecule is CN(Cc1ccccc1N1CCCC1)C(=O)c1cccc2ccccc12. The minimum Gasteiger partial charge on any atom is -0.371 e. The van der Waals surface area contributed by atoms with Crippen molar-refractivity contribution in [1.29, 1.82) is 0 Å². The number of hydrogen-bond donors (Lipinski definition) is 0. The number of fused-ring (bicyclic) bond motifs is 1. The van der Waals surface area contributed by atoms with Gasteiger partial charge in [-0.2, -0.15) is 0 Å². The molecule has 0 atom stereocenters. The molecule has 1 heterocycles. The number of carbonyl (C=O) groups excluding carboxylic acids is 1. The molecule has 1 aliphatic heterocycles. The Labute approximate surface area is 154 Å². The quantitative estimate of drug-likeness (QED) is 0.684. The van der Waals surface area contributed by atoms with Crippen LogP contribution < -0.4 is 4.90 Å². The molecular formula is C23H24N2O. The maximum Gasteiger partial charge on any atom is 0.254 e. The summed E-state index contributed by atoms with van der Waals surface area (Å²) in [5.74, 6) is 0.0676. The van der Waals surface area contributed by atoms with E-state index in [4.69, 9.17) is 0 Å². The van der Waals surface area contributed by atoms with Crippen molar-refractivity contribution in [2.24, 2.45) is 0 Å². The molecule has 3 aromatic carbocycles. The lowest BCUT2D eigenvalue weighted by molar-refractivity contribution is 0.0787. The van der Waals surface area contributed by atoms with Gasteiger partial charge in [-0.3, -0.25) is 4.79 Å². The summed E-state index contributed by atoms with van der Waals surface area (Å²) in [4.78, 5) is 17.4. The monoisotopic (exact) mass is 344 g/mol. The standard InChI is InChI=1S/C23H24N2O/c1-24(17-19-10-3-5-14-22(19)25-15-6-7-16-25)23(26)21-13-8-11-18-9-2-4-12-20(18)21/h2-5,8-14H,6-7,15-17H2,1H3. The fraction of sp³-hybridized carbons (Fsp3) is 0.261. The second-order valence-electron chi connectivity index (χ2n) is 7.01. The highest BCUT2D eigenvalue weighted by Gasteiger charge is 2.19. The van der Waals surface area contributed by atoms with Crippen molar-refractivity contribution < 1.29 is 4.79 Å². The molecule has 1 aliphatic rings. The Morgan fingerprint density at radius 3 is 2.46 bits per heavy atom. The molecule has 1 saturated heterocycles. The zero-order valence-electron chi connectivity index (χ0n) is 15.2. The first kappa shape index (κ1) is 16.6. The van der Waals surface area contributed by atoms with Crippen molar-refractivity contribution in [3.05, 3.63) is 77.9 Å². The lowest BCUT2D eigenvalue weighted by atomic mass is 10.0. The average molecular weight is 344 g/mol. The normalized spacial score (nSPS) is 14.0. The lowest BCUT2D eigenvalue weighted by Crippen LogP contribution is -2.28. The van der Waals surface area contributed by atoms with Gasteiger partial charge in [-0.25, -0.2) is 0 Å². The second kappa shape index (κ2) is 7.20. The van der Waals surface area contributed by atoms with Crippen LogP contribution in [0.5, 0.6) is 0 Å². The third-order valence-electron chi connectivity index (χ3n) is 5.21. The number of para-hydroxylation sites is 1. The van der Waals surface area contributed by atoms with E-state index < -0.39 is 0 Å². The van der Waals surface area contributed by atoms with E-state index >= 15 is 0 Å². The summed E-state index contributed by atoms with van der Waals surface area (Å²) in [5, 5.41) is 2.11. The number of benzene rings is 3. The van der Waals surface area contributed by atoms with Crippen LogP contribution in [-0.4, -0.2) is 30.9 Å². The summed E-state index contributed by atoms with van der Waals surface area (Å²) >= 11 is 0. The van der Waals surface area contributed by atoms with Crippen LogP contribution in [0.2, 0.25) is 0 Å². The predicted molar refractivity (Wildman–Crippen MR) is 108 cm³/mol. The predicted octanol–water partition coefficient (Wildman–Crippen LogP) is 4.71. The van der Waals surface area contributed by atoms with Gasteiger partial charge in [0.2, 0.25) is 0 Å². The Morgan fingerprint density at radius 2 is 1.62 bits per heavy atom. The molecular weight excluding hydrogens is 320 g/mol. The van der Waals surface area contributed by atoms with Crippen LogP contribution in [-0.2, 0) is 6.54 Å². The molecule has 1 fully saturated rings. The molecule has 0 saturated carbocycles. The molecule has 3 aromatic rings. The van der Waals surface area contributed by atoms with Gasteiger partial charge in [-0.1, -0.05) is 54.6 Å². The van der Waals surface area contributed by atoms with E-state index in [1.165, 1.54) is 24.1 Å². The minimum absolute atomic E-state index is 0.0676. The molecule has 4 rings (SSSR count). The van der Waals surface area contributed by atoms with Gasteiger partial charge in [0.25, 0.3) is 5.91 Å². The molecule has 0 aromatic heterocycles. The molecule has 0 aliphatic carbocycles. The highest BCUT2D eigenvalue weighted by molar-refractivity contribution is 6.06. The van der Waals surface area contributed by atoms with Crippen molar-refractivity contribution in [3.63, 3.8) is 0 Å². The number of hydrogen-bond acceptors (Lipinski definition) is 2. The number of rotatable bonds is 4. The van der Waals surface area contributed by atoms with E-state index in [1.807, 2.05) is 42.3 Å². The summed E-state index contributed by atoms with van der Waals surface area (Å²) < 4.78 is 0. The zero-order chi connectivity index (χ0) is 17.9. The topological polar surface area (TPSA) is 23.6 Å². The Bertz CT molecular complexity index is 923.